The average molecular weight is 331 g/mol. The largest absolute Gasteiger partial charge is 0.372 e. The maximum absolute atomic E-state index is 12.1. The highest BCUT2D eigenvalue weighted by Crippen LogP contribution is 2.30. The first-order valence-electron chi connectivity index (χ1n) is 5.61. The molecule has 0 saturated heterocycles. The highest BCUT2D eigenvalue weighted by molar-refractivity contribution is 6.44. The lowest BCUT2D eigenvalue weighted by atomic mass is 10.2. The second-order valence-electron chi connectivity index (χ2n) is 3.86. The Bertz CT molecular complexity index is 661. The SMILES string of the molecule is CNc1ncc(C(=O)Nc2cccc(Cl)c2Cl)cc1Cl. The van der Waals surface area contributed by atoms with Crippen LogP contribution in [0.4, 0.5) is 11.5 Å². The Morgan fingerprint density at radius 3 is 2.60 bits per heavy atom. The van der Waals surface area contributed by atoms with Gasteiger partial charge in [0, 0.05) is 13.2 Å². The summed E-state index contributed by atoms with van der Waals surface area (Å²) < 4.78 is 0. The number of nitrogens with one attached hydrogen (secondary N) is 2. The summed E-state index contributed by atoms with van der Waals surface area (Å²) in [7, 11) is 1.69. The second kappa shape index (κ2) is 6.31. The summed E-state index contributed by atoms with van der Waals surface area (Å²) in [6, 6.07) is 6.51. The molecule has 0 saturated carbocycles. The molecular weight excluding hydrogens is 321 g/mol. The van der Waals surface area contributed by atoms with Gasteiger partial charge < -0.3 is 10.6 Å². The molecule has 2 aromatic rings. The van der Waals surface area contributed by atoms with Gasteiger partial charge in [-0.2, -0.15) is 0 Å². The van der Waals surface area contributed by atoms with Gasteiger partial charge in [0.1, 0.15) is 5.82 Å². The van der Waals surface area contributed by atoms with E-state index in [2.05, 4.69) is 15.6 Å². The lowest BCUT2D eigenvalue weighted by molar-refractivity contribution is 0.102. The van der Waals surface area contributed by atoms with Gasteiger partial charge in [-0.3, -0.25) is 4.79 Å². The van der Waals surface area contributed by atoms with Crippen LogP contribution in [-0.4, -0.2) is 17.9 Å². The number of amides is 1. The summed E-state index contributed by atoms with van der Waals surface area (Å²) in [5, 5.41) is 6.48. The van der Waals surface area contributed by atoms with E-state index in [4.69, 9.17) is 34.8 Å². The van der Waals surface area contributed by atoms with Crippen LogP contribution in [0.25, 0.3) is 0 Å². The van der Waals surface area contributed by atoms with Crippen molar-refractivity contribution in [2.75, 3.05) is 17.7 Å². The van der Waals surface area contributed by atoms with Crippen molar-refractivity contribution in [3.63, 3.8) is 0 Å². The van der Waals surface area contributed by atoms with E-state index >= 15 is 0 Å². The number of carbonyl (C=O) groups is 1. The molecule has 2 rings (SSSR count). The standard InChI is InChI=1S/C13H10Cl3N3O/c1-17-12-9(15)5-7(6-18-12)13(20)19-10-4-2-3-8(14)11(10)16/h2-6H,1H3,(H,17,18)(H,19,20). The van der Waals surface area contributed by atoms with Crippen LogP contribution in [0.5, 0.6) is 0 Å². The fraction of sp³-hybridized carbons (Fsp3) is 0.0769. The number of rotatable bonds is 3. The number of hydrogen-bond donors (Lipinski definition) is 2. The molecule has 0 aliphatic rings. The van der Waals surface area contributed by atoms with Crippen LogP contribution in [0, 0.1) is 0 Å². The monoisotopic (exact) mass is 329 g/mol. The van der Waals surface area contributed by atoms with Gasteiger partial charge in [0.15, 0.2) is 0 Å². The van der Waals surface area contributed by atoms with E-state index in [0.717, 1.165) is 0 Å². The van der Waals surface area contributed by atoms with Crippen LogP contribution in [0.3, 0.4) is 0 Å². The van der Waals surface area contributed by atoms with Gasteiger partial charge in [0.25, 0.3) is 5.91 Å². The van der Waals surface area contributed by atoms with Crippen molar-refractivity contribution in [2.24, 2.45) is 0 Å². The van der Waals surface area contributed by atoms with Gasteiger partial charge in [-0.05, 0) is 18.2 Å². The Kier molecular flexibility index (Phi) is 4.70. The molecule has 0 atom stereocenters. The molecule has 1 aromatic heterocycles. The number of anilines is 2. The minimum atomic E-state index is -0.369. The van der Waals surface area contributed by atoms with E-state index in [1.807, 2.05) is 0 Å². The first-order valence-corrected chi connectivity index (χ1v) is 6.75. The zero-order valence-corrected chi connectivity index (χ0v) is 12.6. The molecule has 1 aromatic carbocycles. The molecule has 0 radical (unpaired) electrons. The van der Waals surface area contributed by atoms with Crippen molar-refractivity contribution >= 4 is 52.2 Å². The van der Waals surface area contributed by atoms with Crippen molar-refractivity contribution in [3.8, 4) is 0 Å². The van der Waals surface area contributed by atoms with E-state index in [1.54, 1.807) is 25.2 Å². The molecular formula is C13H10Cl3N3O. The first kappa shape index (κ1) is 14.9. The predicted octanol–water partition coefficient (Wildman–Crippen LogP) is 4.34. The van der Waals surface area contributed by atoms with Crippen LogP contribution >= 0.6 is 34.8 Å². The molecule has 1 heterocycles. The highest BCUT2D eigenvalue weighted by Gasteiger charge is 2.12. The van der Waals surface area contributed by atoms with E-state index in [1.165, 1.54) is 12.3 Å². The summed E-state index contributed by atoms with van der Waals surface area (Å²) in [5.74, 6) is 0.134. The molecule has 104 valence electrons. The molecule has 0 bridgehead atoms. The van der Waals surface area contributed by atoms with Gasteiger partial charge >= 0.3 is 0 Å². The number of carbonyl (C=O) groups excluding carboxylic acids is 1. The quantitative estimate of drug-likeness (QED) is 0.880. The topological polar surface area (TPSA) is 54.0 Å². The van der Waals surface area contributed by atoms with Crippen molar-refractivity contribution < 1.29 is 4.79 Å². The summed E-state index contributed by atoms with van der Waals surface area (Å²) in [4.78, 5) is 16.1. The van der Waals surface area contributed by atoms with Gasteiger partial charge in [0.05, 0.1) is 26.3 Å². The Morgan fingerprint density at radius 2 is 1.95 bits per heavy atom. The fourth-order valence-corrected chi connectivity index (χ4v) is 2.15. The van der Waals surface area contributed by atoms with E-state index in [9.17, 15) is 4.79 Å². The number of benzene rings is 1. The number of pyridine rings is 1. The molecule has 0 spiro atoms. The normalized spacial score (nSPS) is 10.2. The lowest BCUT2D eigenvalue weighted by Gasteiger charge is -2.09. The number of hydrogen-bond acceptors (Lipinski definition) is 3. The number of aromatic nitrogens is 1. The molecule has 20 heavy (non-hydrogen) atoms. The van der Waals surface area contributed by atoms with Crippen molar-refractivity contribution in [1.82, 2.24) is 4.98 Å². The first-order chi connectivity index (χ1) is 9.52. The van der Waals surface area contributed by atoms with E-state index in [0.29, 0.717) is 27.1 Å². The van der Waals surface area contributed by atoms with Gasteiger partial charge in [-0.1, -0.05) is 40.9 Å². The molecule has 1 amide bonds. The average Bonchev–Trinajstić information content (AvgIpc) is 2.43. The second-order valence-corrected chi connectivity index (χ2v) is 5.05. The zero-order chi connectivity index (χ0) is 14.7. The van der Waals surface area contributed by atoms with Crippen LogP contribution in [-0.2, 0) is 0 Å². The van der Waals surface area contributed by atoms with Gasteiger partial charge in [-0.25, -0.2) is 4.98 Å². The third-order valence-corrected chi connectivity index (χ3v) is 3.65. The maximum atomic E-state index is 12.1. The summed E-state index contributed by atoms with van der Waals surface area (Å²) in [5.41, 5.74) is 0.753. The molecule has 0 unspecified atom stereocenters. The smallest absolute Gasteiger partial charge is 0.257 e. The minimum Gasteiger partial charge on any atom is -0.372 e. The summed E-state index contributed by atoms with van der Waals surface area (Å²) >= 11 is 17.9. The minimum absolute atomic E-state index is 0.286. The Balaban J connectivity index is 2.24. The van der Waals surface area contributed by atoms with E-state index < -0.39 is 0 Å². The van der Waals surface area contributed by atoms with Crippen molar-refractivity contribution in [2.45, 2.75) is 0 Å². The Labute approximate surface area is 131 Å². The van der Waals surface area contributed by atoms with E-state index in [-0.39, 0.29) is 10.9 Å². The van der Waals surface area contributed by atoms with Crippen molar-refractivity contribution in [3.05, 3.63) is 51.1 Å². The predicted molar refractivity (Wildman–Crippen MR) is 83.2 cm³/mol. The maximum Gasteiger partial charge on any atom is 0.257 e. The highest BCUT2D eigenvalue weighted by atomic mass is 35.5. The van der Waals surface area contributed by atoms with Gasteiger partial charge in [0.2, 0.25) is 0 Å². The summed E-state index contributed by atoms with van der Waals surface area (Å²) in [6.45, 7) is 0. The molecule has 4 nitrogen and oxygen atoms in total. The zero-order valence-electron chi connectivity index (χ0n) is 10.4. The van der Waals surface area contributed by atoms with Crippen LogP contribution in [0.2, 0.25) is 15.1 Å². The molecule has 2 N–H and O–H groups in total. The van der Waals surface area contributed by atoms with Crippen LogP contribution in [0.15, 0.2) is 30.5 Å². The molecule has 0 aliphatic heterocycles. The van der Waals surface area contributed by atoms with Crippen molar-refractivity contribution in [1.29, 1.82) is 0 Å². The summed E-state index contributed by atoms with van der Waals surface area (Å²) in [6.07, 6.45) is 1.42. The fourth-order valence-electron chi connectivity index (χ4n) is 1.54. The molecule has 0 fully saturated rings. The Hall–Kier alpha value is -1.49. The Morgan fingerprint density at radius 1 is 1.20 bits per heavy atom. The molecule has 7 heteroatoms. The van der Waals surface area contributed by atoms with Gasteiger partial charge in [-0.15, -0.1) is 0 Å². The van der Waals surface area contributed by atoms with Crippen LogP contribution < -0.4 is 10.6 Å². The van der Waals surface area contributed by atoms with Crippen LogP contribution in [0.1, 0.15) is 10.4 Å². The molecule has 0 aliphatic carbocycles. The third-order valence-electron chi connectivity index (χ3n) is 2.54. The third kappa shape index (κ3) is 3.15. The lowest BCUT2D eigenvalue weighted by Crippen LogP contribution is -2.13. The number of halogens is 3. The number of nitrogens with zero attached hydrogens (tertiary/aromatic N) is 1.